The molecular weight excluding hydrogens is 638 g/mol. The van der Waals surface area contributed by atoms with Gasteiger partial charge in [0.15, 0.2) is 18.9 Å². The second kappa shape index (κ2) is 8.03. The summed E-state index contributed by atoms with van der Waals surface area (Å²) < 4.78 is 7.20. The third kappa shape index (κ3) is 4.13. The van der Waals surface area contributed by atoms with E-state index in [2.05, 4.69) is 84.2 Å². The molecule has 0 radical (unpaired) electrons. The van der Waals surface area contributed by atoms with Crippen molar-refractivity contribution in [3.63, 3.8) is 0 Å². The summed E-state index contributed by atoms with van der Waals surface area (Å²) >= 11 is 18.0. The molecule has 0 saturated carbocycles. The lowest BCUT2D eigenvalue weighted by molar-refractivity contribution is -0.688. The number of hydrogen-bond donors (Lipinski definition) is 0. The number of nitrogens with zero attached hydrogens (tertiary/aromatic N) is 1. The Kier molecular flexibility index (Phi) is 7.74. The lowest BCUT2D eigenvalue weighted by Crippen LogP contribution is -3.00. The van der Waals surface area contributed by atoms with E-state index in [1.165, 1.54) is 5.56 Å². The van der Waals surface area contributed by atoms with Crippen LogP contribution in [0, 0.1) is 0 Å². The lowest BCUT2D eigenvalue weighted by atomic mass is 10.2. The highest BCUT2D eigenvalue weighted by molar-refractivity contribution is 9.15. The highest BCUT2D eigenvalue weighted by atomic mass is 79.9. The van der Waals surface area contributed by atoms with E-state index in [0.717, 1.165) is 28.9 Å². The SMILES string of the molecule is Brc1c(Br)c(Br)c(C[n+]2ccccc2)c(Br)c1Br.[Br-]. The molecule has 0 saturated heterocycles. The molecule has 1 aromatic heterocycles. The van der Waals surface area contributed by atoms with E-state index in [-0.39, 0.29) is 17.0 Å². The predicted octanol–water partition coefficient (Wildman–Crippen LogP) is 2.84. The fraction of sp³-hybridized carbons (Fsp3) is 0.0833. The molecule has 19 heavy (non-hydrogen) atoms. The molecule has 0 amide bonds. The lowest BCUT2D eigenvalue weighted by Gasteiger charge is -2.11. The van der Waals surface area contributed by atoms with Gasteiger partial charge >= 0.3 is 0 Å². The van der Waals surface area contributed by atoms with Crippen molar-refractivity contribution in [1.29, 1.82) is 0 Å². The number of halogens is 6. The van der Waals surface area contributed by atoms with Gasteiger partial charge in [-0.1, -0.05) is 6.07 Å². The summed E-state index contributed by atoms with van der Waals surface area (Å²) in [5.41, 5.74) is 1.17. The first kappa shape index (κ1) is 18.3. The Morgan fingerprint density at radius 2 is 1.11 bits per heavy atom. The molecular formula is C12H7Br6N. The van der Waals surface area contributed by atoms with Gasteiger partial charge in [0.05, 0.1) is 0 Å². The third-order valence-corrected chi connectivity index (χ3v) is 8.68. The Bertz CT molecular complexity index is 556. The van der Waals surface area contributed by atoms with E-state index in [1.54, 1.807) is 0 Å². The average molecular weight is 645 g/mol. The first-order chi connectivity index (χ1) is 8.52. The summed E-state index contributed by atoms with van der Waals surface area (Å²) in [6, 6.07) is 6.05. The third-order valence-electron chi connectivity index (χ3n) is 2.42. The fourth-order valence-corrected chi connectivity index (χ4v) is 4.89. The van der Waals surface area contributed by atoms with Crippen LogP contribution in [-0.2, 0) is 6.54 Å². The van der Waals surface area contributed by atoms with Crippen LogP contribution in [0.4, 0.5) is 0 Å². The zero-order valence-electron chi connectivity index (χ0n) is 9.31. The van der Waals surface area contributed by atoms with Crippen LogP contribution in [0.3, 0.4) is 0 Å². The minimum atomic E-state index is 0. The van der Waals surface area contributed by atoms with Crippen molar-refractivity contribution < 1.29 is 21.5 Å². The highest BCUT2D eigenvalue weighted by Gasteiger charge is 2.19. The molecule has 0 aliphatic rings. The number of pyridine rings is 1. The number of rotatable bonds is 2. The molecule has 1 nitrogen and oxygen atoms in total. The Labute approximate surface area is 164 Å². The molecule has 2 rings (SSSR count). The van der Waals surface area contributed by atoms with Gasteiger partial charge in [-0.25, -0.2) is 4.57 Å². The van der Waals surface area contributed by atoms with Crippen LogP contribution in [0.5, 0.6) is 0 Å². The summed E-state index contributed by atoms with van der Waals surface area (Å²) in [6.45, 7) is 0.784. The molecule has 1 aromatic carbocycles. The van der Waals surface area contributed by atoms with Crippen LogP contribution < -0.4 is 21.5 Å². The maximum Gasteiger partial charge on any atom is 0.176 e. The summed E-state index contributed by atoms with van der Waals surface area (Å²) in [5.74, 6) is 0. The molecule has 0 spiro atoms. The molecule has 0 aliphatic carbocycles. The van der Waals surface area contributed by atoms with Gasteiger partial charge < -0.3 is 17.0 Å². The zero-order valence-corrected chi connectivity index (χ0v) is 18.8. The minimum absolute atomic E-state index is 0. The van der Waals surface area contributed by atoms with Crippen LogP contribution in [0.2, 0.25) is 0 Å². The van der Waals surface area contributed by atoms with E-state index < -0.39 is 0 Å². The molecule has 0 fully saturated rings. The van der Waals surface area contributed by atoms with Crippen LogP contribution in [0.1, 0.15) is 5.56 Å². The summed E-state index contributed by atoms with van der Waals surface area (Å²) in [4.78, 5) is 0. The molecule has 0 atom stereocenters. The fourth-order valence-electron chi connectivity index (χ4n) is 1.51. The molecule has 102 valence electrons. The van der Waals surface area contributed by atoms with Crippen molar-refractivity contribution in [3.05, 3.63) is 58.5 Å². The van der Waals surface area contributed by atoms with Gasteiger partial charge in [-0.2, -0.15) is 0 Å². The van der Waals surface area contributed by atoms with E-state index >= 15 is 0 Å². The Morgan fingerprint density at radius 1 is 0.684 bits per heavy atom. The van der Waals surface area contributed by atoms with Gasteiger partial charge in [0.1, 0.15) is 0 Å². The number of hydrogen-bond acceptors (Lipinski definition) is 0. The summed E-state index contributed by atoms with van der Waals surface area (Å²) in [7, 11) is 0. The Morgan fingerprint density at radius 3 is 1.58 bits per heavy atom. The second-order valence-electron chi connectivity index (χ2n) is 3.60. The van der Waals surface area contributed by atoms with Gasteiger partial charge in [-0.3, -0.25) is 0 Å². The van der Waals surface area contributed by atoms with Gasteiger partial charge in [-0.15, -0.1) is 0 Å². The molecule has 2 aromatic rings. The zero-order chi connectivity index (χ0) is 13.3. The monoisotopic (exact) mass is 639 g/mol. The van der Waals surface area contributed by atoms with Gasteiger partial charge in [0.2, 0.25) is 0 Å². The maximum absolute atomic E-state index is 3.63. The van der Waals surface area contributed by atoms with Crippen LogP contribution in [0.15, 0.2) is 53.0 Å². The van der Waals surface area contributed by atoms with E-state index in [9.17, 15) is 0 Å². The van der Waals surface area contributed by atoms with Crippen molar-refractivity contribution in [2.24, 2.45) is 0 Å². The van der Waals surface area contributed by atoms with Crippen molar-refractivity contribution in [2.45, 2.75) is 6.54 Å². The first-order valence-electron chi connectivity index (χ1n) is 4.96. The van der Waals surface area contributed by atoms with Crippen molar-refractivity contribution in [2.75, 3.05) is 0 Å². The summed E-state index contributed by atoms with van der Waals surface area (Å²) in [6.07, 6.45) is 4.09. The normalized spacial score (nSPS) is 10.2. The molecule has 0 aliphatic heterocycles. The number of aromatic nitrogens is 1. The summed E-state index contributed by atoms with van der Waals surface area (Å²) in [5, 5.41) is 0. The van der Waals surface area contributed by atoms with Crippen LogP contribution >= 0.6 is 79.6 Å². The quantitative estimate of drug-likeness (QED) is 0.269. The van der Waals surface area contributed by atoms with E-state index in [4.69, 9.17) is 0 Å². The van der Waals surface area contributed by atoms with Crippen LogP contribution in [0.25, 0.3) is 0 Å². The second-order valence-corrected chi connectivity index (χ2v) is 7.56. The highest BCUT2D eigenvalue weighted by Crippen LogP contribution is 2.44. The van der Waals surface area contributed by atoms with Crippen LogP contribution in [-0.4, -0.2) is 0 Å². The molecule has 7 heteroatoms. The topological polar surface area (TPSA) is 3.88 Å². The van der Waals surface area contributed by atoms with Gasteiger partial charge in [-0.05, 0) is 79.6 Å². The predicted molar refractivity (Wildman–Crippen MR) is 90.7 cm³/mol. The average Bonchev–Trinajstić information content (AvgIpc) is 2.40. The van der Waals surface area contributed by atoms with E-state index in [0.29, 0.717) is 0 Å². The molecule has 1 heterocycles. The number of benzene rings is 1. The Balaban J connectivity index is 0.00000180. The van der Waals surface area contributed by atoms with Gasteiger partial charge in [0, 0.05) is 40.1 Å². The van der Waals surface area contributed by atoms with Crippen molar-refractivity contribution in [1.82, 2.24) is 0 Å². The molecule has 0 bridgehead atoms. The first-order valence-corrected chi connectivity index (χ1v) is 8.93. The van der Waals surface area contributed by atoms with Gasteiger partial charge in [0.25, 0.3) is 0 Å². The maximum atomic E-state index is 3.63. The van der Waals surface area contributed by atoms with Crippen molar-refractivity contribution in [3.8, 4) is 0 Å². The van der Waals surface area contributed by atoms with Crippen molar-refractivity contribution >= 4 is 79.6 Å². The standard InChI is InChI=1S/C12H7Br5N.BrH/c13-8-7(6-18-4-2-1-3-5-18)9(14)11(16)12(17)10(8)15;/h1-5H,6H2;1H/q+1;/p-1. The van der Waals surface area contributed by atoms with E-state index in [1.807, 2.05) is 30.6 Å². The smallest absolute Gasteiger partial charge is 0.176 e. The largest absolute Gasteiger partial charge is 1.00 e. The minimum Gasteiger partial charge on any atom is -1.00 e. The molecule has 0 N–H and O–H groups in total. The Hall–Kier alpha value is 1.25. The molecule has 0 unspecified atom stereocenters.